The van der Waals surface area contributed by atoms with E-state index in [1.165, 1.54) is 0 Å². The first-order chi connectivity index (χ1) is 9.31. The standard InChI is InChI=1S/C15H22N2O2/c1-2-19-14-8-4-3-7-13(14)16-10-9-15(18)17-11-5-6-12-17/h3-4,7-8,16H,2,5-6,9-12H2,1H3. The van der Waals surface area contributed by atoms with Gasteiger partial charge in [-0.3, -0.25) is 4.79 Å². The molecule has 104 valence electrons. The van der Waals surface area contributed by atoms with Crippen LogP contribution < -0.4 is 10.1 Å². The highest BCUT2D eigenvalue weighted by molar-refractivity contribution is 5.77. The number of nitrogens with one attached hydrogen (secondary N) is 1. The number of benzene rings is 1. The fourth-order valence-corrected chi connectivity index (χ4v) is 2.32. The summed E-state index contributed by atoms with van der Waals surface area (Å²) in [5.74, 6) is 1.09. The minimum Gasteiger partial charge on any atom is -0.492 e. The number of hydrogen-bond acceptors (Lipinski definition) is 3. The second-order valence-corrected chi connectivity index (χ2v) is 4.69. The molecule has 1 heterocycles. The molecule has 1 aliphatic heterocycles. The number of rotatable bonds is 6. The Labute approximate surface area is 114 Å². The molecule has 4 heteroatoms. The van der Waals surface area contributed by atoms with E-state index in [4.69, 9.17) is 4.74 Å². The van der Waals surface area contributed by atoms with Crippen LogP contribution in [0, 0.1) is 0 Å². The Kier molecular flexibility index (Phi) is 5.07. The van der Waals surface area contributed by atoms with E-state index < -0.39 is 0 Å². The molecule has 1 fully saturated rings. The van der Waals surface area contributed by atoms with Gasteiger partial charge in [-0.05, 0) is 31.9 Å². The molecule has 4 nitrogen and oxygen atoms in total. The summed E-state index contributed by atoms with van der Waals surface area (Å²) in [6.45, 7) is 5.11. The first-order valence-corrected chi connectivity index (χ1v) is 7.04. The van der Waals surface area contributed by atoms with Gasteiger partial charge in [-0.15, -0.1) is 0 Å². The van der Waals surface area contributed by atoms with Gasteiger partial charge in [-0.2, -0.15) is 0 Å². The van der Waals surface area contributed by atoms with E-state index in [1.54, 1.807) is 0 Å². The summed E-state index contributed by atoms with van der Waals surface area (Å²) >= 11 is 0. The SMILES string of the molecule is CCOc1ccccc1NCCC(=O)N1CCCC1. The molecule has 0 spiro atoms. The van der Waals surface area contributed by atoms with E-state index in [-0.39, 0.29) is 5.91 Å². The van der Waals surface area contributed by atoms with Crippen molar-refractivity contribution in [2.75, 3.05) is 31.6 Å². The molecule has 1 aromatic rings. The van der Waals surface area contributed by atoms with Crippen molar-refractivity contribution < 1.29 is 9.53 Å². The normalized spacial score (nSPS) is 14.5. The lowest BCUT2D eigenvalue weighted by atomic mass is 10.2. The molecule has 0 bridgehead atoms. The Morgan fingerprint density at radius 3 is 2.79 bits per heavy atom. The van der Waals surface area contributed by atoms with Crippen molar-refractivity contribution in [3.05, 3.63) is 24.3 Å². The molecule has 19 heavy (non-hydrogen) atoms. The van der Waals surface area contributed by atoms with Crippen LogP contribution in [-0.4, -0.2) is 37.0 Å². The Hall–Kier alpha value is -1.71. The highest BCUT2D eigenvalue weighted by Crippen LogP contribution is 2.23. The third kappa shape index (κ3) is 3.88. The van der Waals surface area contributed by atoms with Crippen molar-refractivity contribution >= 4 is 11.6 Å². The van der Waals surface area contributed by atoms with Crippen LogP contribution in [0.3, 0.4) is 0 Å². The van der Waals surface area contributed by atoms with Gasteiger partial charge in [0.1, 0.15) is 5.75 Å². The van der Waals surface area contributed by atoms with Gasteiger partial charge in [0.15, 0.2) is 0 Å². The zero-order valence-electron chi connectivity index (χ0n) is 11.5. The second-order valence-electron chi connectivity index (χ2n) is 4.69. The van der Waals surface area contributed by atoms with Crippen molar-refractivity contribution in [3.63, 3.8) is 0 Å². The first-order valence-electron chi connectivity index (χ1n) is 7.04. The molecule has 0 aliphatic carbocycles. The Bertz CT molecular complexity index is 414. The maximum atomic E-state index is 11.9. The molecule has 0 saturated carbocycles. The lowest BCUT2D eigenvalue weighted by molar-refractivity contribution is -0.129. The number of ether oxygens (including phenoxy) is 1. The number of anilines is 1. The van der Waals surface area contributed by atoms with Gasteiger partial charge in [0, 0.05) is 26.1 Å². The summed E-state index contributed by atoms with van der Waals surface area (Å²) in [5.41, 5.74) is 0.957. The monoisotopic (exact) mass is 262 g/mol. The second kappa shape index (κ2) is 7.02. The van der Waals surface area contributed by atoms with Gasteiger partial charge in [-0.1, -0.05) is 12.1 Å². The van der Waals surface area contributed by atoms with Crippen LogP contribution in [-0.2, 0) is 4.79 Å². The van der Waals surface area contributed by atoms with Crippen LogP contribution in [0.1, 0.15) is 26.2 Å². The van der Waals surface area contributed by atoms with E-state index in [1.807, 2.05) is 36.1 Å². The van der Waals surface area contributed by atoms with Crippen LogP contribution in [0.15, 0.2) is 24.3 Å². The number of carbonyl (C=O) groups excluding carboxylic acids is 1. The number of hydrogen-bond donors (Lipinski definition) is 1. The summed E-state index contributed by atoms with van der Waals surface area (Å²) in [6.07, 6.45) is 2.83. The number of likely N-dealkylation sites (tertiary alicyclic amines) is 1. The minimum atomic E-state index is 0.249. The van der Waals surface area contributed by atoms with Gasteiger partial charge in [0.05, 0.1) is 12.3 Å². The van der Waals surface area contributed by atoms with E-state index in [0.29, 0.717) is 19.6 Å². The lowest BCUT2D eigenvalue weighted by Gasteiger charge is -2.16. The van der Waals surface area contributed by atoms with Crippen molar-refractivity contribution in [2.45, 2.75) is 26.2 Å². The number of nitrogens with zero attached hydrogens (tertiary/aromatic N) is 1. The van der Waals surface area contributed by atoms with E-state index in [9.17, 15) is 4.79 Å². The van der Waals surface area contributed by atoms with Gasteiger partial charge in [0.2, 0.25) is 5.91 Å². The molecule has 1 amide bonds. The molecule has 2 rings (SSSR count). The zero-order valence-corrected chi connectivity index (χ0v) is 11.5. The molecule has 0 aromatic heterocycles. The molecule has 1 aromatic carbocycles. The third-order valence-electron chi connectivity index (χ3n) is 3.30. The summed E-state index contributed by atoms with van der Waals surface area (Å²) in [6, 6.07) is 7.83. The topological polar surface area (TPSA) is 41.6 Å². The number of para-hydroxylation sites is 2. The highest BCUT2D eigenvalue weighted by atomic mass is 16.5. The number of amides is 1. The van der Waals surface area contributed by atoms with Gasteiger partial charge < -0.3 is 15.0 Å². The van der Waals surface area contributed by atoms with E-state index in [2.05, 4.69) is 5.32 Å². The molecular formula is C15H22N2O2. The summed E-state index contributed by atoms with van der Waals surface area (Å²) in [7, 11) is 0. The molecule has 1 saturated heterocycles. The van der Waals surface area contributed by atoms with Crippen LogP contribution >= 0.6 is 0 Å². The molecule has 0 radical (unpaired) electrons. The van der Waals surface area contributed by atoms with Gasteiger partial charge in [0.25, 0.3) is 0 Å². The average Bonchev–Trinajstić information content (AvgIpc) is 2.95. The van der Waals surface area contributed by atoms with Crippen molar-refractivity contribution in [1.29, 1.82) is 0 Å². The summed E-state index contributed by atoms with van der Waals surface area (Å²) in [5, 5.41) is 3.28. The molecule has 0 atom stereocenters. The maximum absolute atomic E-state index is 11.9. The fraction of sp³-hybridized carbons (Fsp3) is 0.533. The van der Waals surface area contributed by atoms with Gasteiger partial charge >= 0.3 is 0 Å². The van der Waals surface area contributed by atoms with Crippen molar-refractivity contribution in [3.8, 4) is 5.75 Å². The highest BCUT2D eigenvalue weighted by Gasteiger charge is 2.17. The first kappa shape index (κ1) is 13.7. The largest absolute Gasteiger partial charge is 0.492 e. The van der Waals surface area contributed by atoms with Crippen LogP contribution in [0.25, 0.3) is 0 Å². The Morgan fingerprint density at radius 1 is 1.32 bits per heavy atom. The van der Waals surface area contributed by atoms with Crippen LogP contribution in [0.5, 0.6) is 5.75 Å². The molecule has 1 N–H and O–H groups in total. The summed E-state index contributed by atoms with van der Waals surface area (Å²) < 4.78 is 5.54. The van der Waals surface area contributed by atoms with Crippen molar-refractivity contribution in [1.82, 2.24) is 4.90 Å². The van der Waals surface area contributed by atoms with Crippen LogP contribution in [0.2, 0.25) is 0 Å². The van der Waals surface area contributed by atoms with Gasteiger partial charge in [-0.25, -0.2) is 0 Å². The summed E-state index contributed by atoms with van der Waals surface area (Å²) in [4.78, 5) is 13.9. The number of carbonyl (C=O) groups is 1. The molecule has 0 unspecified atom stereocenters. The predicted molar refractivity (Wildman–Crippen MR) is 76.5 cm³/mol. The average molecular weight is 262 g/mol. The quantitative estimate of drug-likeness (QED) is 0.856. The van der Waals surface area contributed by atoms with Crippen molar-refractivity contribution in [2.24, 2.45) is 0 Å². The predicted octanol–water partition coefficient (Wildman–Crippen LogP) is 2.51. The zero-order chi connectivity index (χ0) is 13.5. The Morgan fingerprint density at radius 2 is 2.05 bits per heavy atom. The lowest BCUT2D eigenvalue weighted by Crippen LogP contribution is -2.29. The molecular weight excluding hydrogens is 240 g/mol. The van der Waals surface area contributed by atoms with E-state index >= 15 is 0 Å². The Balaban J connectivity index is 1.80. The smallest absolute Gasteiger partial charge is 0.224 e. The third-order valence-corrected chi connectivity index (χ3v) is 3.30. The molecule has 1 aliphatic rings. The van der Waals surface area contributed by atoms with E-state index in [0.717, 1.165) is 37.4 Å². The minimum absolute atomic E-state index is 0.249. The van der Waals surface area contributed by atoms with Crippen LogP contribution in [0.4, 0.5) is 5.69 Å². The maximum Gasteiger partial charge on any atom is 0.224 e. The fourth-order valence-electron chi connectivity index (χ4n) is 2.32.